The van der Waals surface area contributed by atoms with Crippen LogP contribution in [-0.2, 0) is 20.8 Å². The van der Waals surface area contributed by atoms with Gasteiger partial charge in [0.15, 0.2) is 0 Å². The van der Waals surface area contributed by atoms with Crippen molar-refractivity contribution in [2.75, 3.05) is 31.0 Å². The van der Waals surface area contributed by atoms with Crippen LogP contribution in [0.25, 0.3) is 16.0 Å². The van der Waals surface area contributed by atoms with Gasteiger partial charge in [0.25, 0.3) is 5.91 Å². The van der Waals surface area contributed by atoms with Crippen LogP contribution in [0.2, 0.25) is 0 Å². The van der Waals surface area contributed by atoms with Gasteiger partial charge in [0.05, 0.1) is 59.7 Å². The number of aryl methyl sites for hydroxylation is 1. The molecule has 11 nitrogen and oxygen atoms in total. The van der Waals surface area contributed by atoms with Crippen molar-refractivity contribution >= 4 is 40.3 Å². The molecule has 0 saturated carbocycles. The van der Waals surface area contributed by atoms with E-state index in [4.69, 9.17) is 15.2 Å². The van der Waals surface area contributed by atoms with E-state index in [0.29, 0.717) is 41.8 Å². The number of nitrogens with one attached hydrogen (secondary N) is 2. The second-order valence-corrected chi connectivity index (χ2v) is 10.9. The van der Waals surface area contributed by atoms with Crippen LogP contribution in [0.15, 0.2) is 37.1 Å². The van der Waals surface area contributed by atoms with Gasteiger partial charge in [0.1, 0.15) is 5.01 Å². The molecule has 3 aromatic rings. The molecule has 0 aliphatic heterocycles. The van der Waals surface area contributed by atoms with Gasteiger partial charge < -0.3 is 20.5 Å². The minimum Gasteiger partial charge on any atom is -0.449 e. The van der Waals surface area contributed by atoms with E-state index in [1.807, 2.05) is 13.1 Å². The number of anilines is 2. The lowest BCUT2D eigenvalue weighted by Gasteiger charge is -2.13. The van der Waals surface area contributed by atoms with Gasteiger partial charge in [-0.15, -0.1) is 11.3 Å². The van der Waals surface area contributed by atoms with Gasteiger partial charge in [0, 0.05) is 31.3 Å². The Bertz CT molecular complexity index is 1290. The van der Waals surface area contributed by atoms with E-state index in [1.165, 1.54) is 36.6 Å². The Hall–Kier alpha value is -3.77. The molecular formula is C30H45N7O4S. The van der Waals surface area contributed by atoms with E-state index < -0.39 is 12.0 Å². The maximum absolute atomic E-state index is 13.1. The number of ether oxygens (including phenoxy) is 2. The zero-order valence-electron chi connectivity index (χ0n) is 25.6. The third kappa shape index (κ3) is 11.2. The van der Waals surface area contributed by atoms with Crippen LogP contribution in [0.3, 0.4) is 0 Å². The molecule has 0 fully saturated rings. The molecule has 0 bridgehead atoms. The second kappa shape index (κ2) is 18.6. The third-order valence-corrected chi connectivity index (χ3v) is 7.30. The number of hydrogen-bond acceptors (Lipinski definition) is 9. The number of nitrogens with two attached hydrogens (primary N) is 1. The molecule has 1 unspecified atom stereocenters. The van der Waals surface area contributed by atoms with Crippen molar-refractivity contribution in [3.63, 3.8) is 0 Å². The maximum Gasteiger partial charge on any atom is 0.411 e. The van der Waals surface area contributed by atoms with E-state index in [0.717, 1.165) is 29.7 Å². The number of rotatable bonds is 14. The molecule has 0 aromatic carbocycles. The van der Waals surface area contributed by atoms with Gasteiger partial charge in [-0.25, -0.2) is 9.78 Å². The lowest BCUT2D eigenvalue weighted by Crippen LogP contribution is -2.19. The van der Waals surface area contributed by atoms with Crippen LogP contribution in [-0.4, -0.2) is 52.1 Å². The minimum absolute atomic E-state index is 0.214. The summed E-state index contributed by atoms with van der Waals surface area (Å²) in [4.78, 5) is 34.8. The van der Waals surface area contributed by atoms with Gasteiger partial charge in [-0.3, -0.25) is 19.8 Å². The summed E-state index contributed by atoms with van der Waals surface area (Å²) < 4.78 is 12.2. The summed E-state index contributed by atoms with van der Waals surface area (Å²) in [5, 5.41) is 10.3. The fraction of sp³-hybridized carbons (Fsp3) is 0.500. The van der Waals surface area contributed by atoms with Gasteiger partial charge in [-0.05, 0) is 25.3 Å². The summed E-state index contributed by atoms with van der Waals surface area (Å²) in [6, 6.07) is 1.62. The molecule has 2 amide bonds. The summed E-state index contributed by atoms with van der Waals surface area (Å²) in [6.45, 7) is 11.8. The zero-order valence-corrected chi connectivity index (χ0v) is 26.4. The molecule has 12 heteroatoms. The first-order valence-electron chi connectivity index (χ1n) is 14.4. The van der Waals surface area contributed by atoms with Gasteiger partial charge in [0.2, 0.25) is 0 Å². The highest BCUT2D eigenvalue weighted by Gasteiger charge is 2.19. The van der Waals surface area contributed by atoms with E-state index in [2.05, 4.69) is 46.5 Å². The highest BCUT2D eigenvalue weighted by atomic mass is 32.1. The maximum atomic E-state index is 13.1. The van der Waals surface area contributed by atoms with Crippen molar-refractivity contribution in [3.05, 3.63) is 47.8 Å². The largest absolute Gasteiger partial charge is 0.449 e. The Morgan fingerprint density at radius 3 is 2.55 bits per heavy atom. The number of thiazole rings is 1. The first kappa shape index (κ1) is 34.4. The minimum atomic E-state index is -0.570. The van der Waals surface area contributed by atoms with Crippen molar-refractivity contribution in [2.45, 2.75) is 73.3 Å². The summed E-state index contributed by atoms with van der Waals surface area (Å²) in [6.07, 6.45) is 13.3. The predicted molar refractivity (Wildman–Crippen MR) is 169 cm³/mol. The lowest BCUT2D eigenvalue weighted by atomic mass is 10.1. The Morgan fingerprint density at radius 1 is 1.12 bits per heavy atom. The summed E-state index contributed by atoms with van der Waals surface area (Å²) in [5.74, 6) is -0.162. The highest BCUT2D eigenvalue weighted by Crippen LogP contribution is 2.30. The first-order chi connectivity index (χ1) is 20.3. The standard InChI is InChI=1S/C26H35N7O4S.C4H10/c1-5-6-7-17(2)16-37-26(35)31-20-10-22(18(3)28-13-20)32-24(34)21(11-27)25-29-14-23(38-25)19-12-30-33(15-19)8-9-36-4;1-3-4-2/h10-15,17H,5-9,16,27H2,1-4H3,(H,31,35)(H,32,34);3-4H2,1-2H3/b21-11-;. The van der Waals surface area contributed by atoms with Crippen molar-refractivity contribution in [2.24, 2.45) is 11.7 Å². The van der Waals surface area contributed by atoms with Crippen molar-refractivity contribution < 1.29 is 19.1 Å². The molecule has 0 aliphatic rings. The molecule has 0 aliphatic carbocycles. The predicted octanol–water partition coefficient (Wildman–Crippen LogP) is 6.48. The molecule has 3 aromatic heterocycles. The molecule has 42 heavy (non-hydrogen) atoms. The number of unbranched alkanes of at least 4 members (excludes halogenated alkanes) is 2. The van der Waals surface area contributed by atoms with Gasteiger partial charge in [-0.1, -0.05) is 53.4 Å². The normalized spacial score (nSPS) is 11.8. The average Bonchev–Trinajstić information content (AvgIpc) is 3.66. The summed E-state index contributed by atoms with van der Waals surface area (Å²) in [7, 11) is 1.64. The number of nitrogens with zero attached hydrogens (tertiary/aromatic N) is 4. The fourth-order valence-corrected chi connectivity index (χ4v) is 4.41. The Morgan fingerprint density at radius 2 is 1.88 bits per heavy atom. The molecule has 230 valence electrons. The average molecular weight is 600 g/mol. The molecule has 1 atom stereocenters. The van der Waals surface area contributed by atoms with Gasteiger partial charge in [-0.2, -0.15) is 5.10 Å². The van der Waals surface area contributed by atoms with Crippen LogP contribution >= 0.6 is 11.3 Å². The number of carbonyl (C=O) groups is 2. The van der Waals surface area contributed by atoms with Crippen LogP contribution in [0, 0.1) is 12.8 Å². The molecule has 3 heterocycles. The number of pyridine rings is 1. The monoisotopic (exact) mass is 599 g/mol. The highest BCUT2D eigenvalue weighted by molar-refractivity contribution is 7.16. The second-order valence-electron chi connectivity index (χ2n) is 9.88. The SMILES string of the molecule is CCCC.CCCCC(C)COC(=O)Nc1cnc(C)c(NC(=O)/C(=C/N)c2ncc(-c3cnn(CCOC)c3)s2)c1. The fourth-order valence-electron chi connectivity index (χ4n) is 3.50. The van der Waals surface area contributed by atoms with E-state index in [-0.39, 0.29) is 11.5 Å². The summed E-state index contributed by atoms with van der Waals surface area (Å²) >= 11 is 1.33. The third-order valence-electron chi connectivity index (χ3n) is 6.22. The van der Waals surface area contributed by atoms with Crippen LogP contribution in [0.4, 0.5) is 16.2 Å². The number of hydrogen-bond donors (Lipinski definition) is 3. The van der Waals surface area contributed by atoms with E-state index >= 15 is 0 Å². The quantitative estimate of drug-likeness (QED) is 0.179. The Labute approximate surface area is 252 Å². The molecule has 0 radical (unpaired) electrons. The lowest BCUT2D eigenvalue weighted by molar-refractivity contribution is -0.111. The van der Waals surface area contributed by atoms with Crippen LogP contribution in [0.1, 0.15) is 70.5 Å². The van der Waals surface area contributed by atoms with E-state index in [9.17, 15) is 9.59 Å². The van der Waals surface area contributed by atoms with Gasteiger partial charge >= 0.3 is 6.09 Å². The smallest absolute Gasteiger partial charge is 0.411 e. The molecule has 4 N–H and O–H groups in total. The molecule has 0 spiro atoms. The number of amides is 2. The number of carbonyl (C=O) groups excluding carboxylic acids is 2. The van der Waals surface area contributed by atoms with Crippen molar-refractivity contribution in [3.8, 4) is 10.4 Å². The van der Waals surface area contributed by atoms with Crippen molar-refractivity contribution in [1.82, 2.24) is 19.7 Å². The Balaban J connectivity index is 0.00000144. The Kier molecular flexibility index (Phi) is 15.3. The van der Waals surface area contributed by atoms with E-state index in [1.54, 1.807) is 37.2 Å². The molecule has 3 rings (SSSR count). The summed E-state index contributed by atoms with van der Waals surface area (Å²) in [5.41, 5.74) is 8.31. The number of aromatic nitrogens is 4. The molecular weight excluding hydrogens is 554 g/mol. The molecule has 0 saturated heterocycles. The topological polar surface area (TPSA) is 146 Å². The number of methoxy groups -OCH3 is 1. The zero-order chi connectivity index (χ0) is 30.9. The first-order valence-corrected chi connectivity index (χ1v) is 15.2. The van der Waals surface area contributed by atoms with Crippen LogP contribution < -0.4 is 16.4 Å². The van der Waals surface area contributed by atoms with Crippen LogP contribution in [0.5, 0.6) is 0 Å². The van der Waals surface area contributed by atoms with Crippen molar-refractivity contribution in [1.29, 1.82) is 0 Å².